The lowest BCUT2D eigenvalue weighted by Gasteiger charge is -2.47. The fourth-order valence-corrected chi connectivity index (χ4v) is 2.88. The Hall–Kier alpha value is -0.0800. The first kappa shape index (κ1) is 11.4. The van der Waals surface area contributed by atoms with Crippen molar-refractivity contribution in [1.82, 2.24) is 10.6 Å². The third-order valence-corrected chi connectivity index (χ3v) is 4.48. The van der Waals surface area contributed by atoms with Gasteiger partial charge in [-0.05, 0) is 43.1 Å². The van der Waals surface area contributed by atoms with Gasteiger partial charge in [0.1, 0.15) is 0 Å². The number of nitrogens with one attached hydrogen (secondary N) is 2. The van der Waals surface area contributed by atoms with Crippen molar-refractivity contribution in [1.29, 1.82) is 0 Å². The van der Waals surface area contributed by atoms with Crippen molar-refractivity contribution in [2.75, 3.05) is 19.6 Å². The Morgan fingerprint density at radius 3 is 2.53 bits per heavy atom. The Morgan fingerprint density at radius 2 is 2.07 bits per heavy atom. The van der Waals surface area contributed by atoms with Gasteiger partial charge in [0.15, 0.2) is 0 Å². The summed E-state index contributed by atoms with van der Waals surface area (Å²) < 4.78 is 0. The van der Waals surface area contributed by atoms with Crippen molar-refractivity contribution in [2.45, 2.75) is 52.5 Å². The first-order chi connectivity index (χ1) is 7.02. The van der Waals surface area contributed by atoms with E-state index in [1.807, 2.05) is 0 Å². The quantitative estimate of drug-likeness (QED) is 0.746. The molecule has 2 rings (SSSR count). The van der Waals surface area contributed by atoms with Crippen LogP contribution in [0.2, 0.25) is 0 Å². The van der Waals surface area contributed by atoms with Crippen LogP contribution in [0.1, 0.15) is 46.5 Å². The van der Waals surface area contributed by atoms with E-state index in [0.29, 0.717) is 10.8 Å². The summed E-state index contributed by atoms with van der Waals surface area (Å²) in [4.78, 5) is 0. The third-order valence-electron chi connectivity index (χ3n) is 4.48. The maximum atomic E-state index is 3.78. The summed E-state index contributed by atoms with van der Waals surface area (Å²) in [7, 11) is 0. The predicted molar refractivity (Wildman–Crippen MR) is 65.0 cm³/mol. The van der Waals surface area contributed by atoms with Crippen LogP contribution in [0, 0.1) is 10.8 Å². The van der Waals surface area contributed by atoms with Gasteiger partial charge in [0.2, 0.25) is 0 Å². The Morgan fingerprint density at radius 1 is 1.27 bits per heavy atom. The second kappa shape index (κ2) is 4.06. The van der Waals surface area contributed by atoms with E-state index in [-0.39, 0.29) is 0 Å². The average molecular weight is 210 g/mol. The standard InChI is InChI=1S/C13H26N2/c1-12(2)7-5-11(12)15-10-13(3)6-4-8-14-9-13/h11,14-15H,4-10H2,1-3H3. The molecule has 0 spiro atoms. The van der Waals surface area contributed by atoms with Crippen LogP contribution in [0.4, 0.5) is 0 Å². The molecule has 2 fully saturated rings. The first-order valence-electron chi connectivity index (χ1n) is 6.46. The maximum absolute atomic E-state index is 3.78. The zero-order valence-electron chi connectivity index (χ0n) is 10.5. The summed E-state index contributed by atoms with van der Waals surface area (Å²) in [6.45, 7) is 10.8. The zero-order valence-corrected chi connectivity index (χ0v) is 10.5. The van der Waals surface area contributed by atoms with Crippen LogP contribution in [-0.2, 0) is 0 Å². The molecule has 2 heteroatoms. The minimum absolute atomic E-state index is 0.490. The zero-order chi connectivity index (χ0) is 10.9. The molecule has 0 radical (unpaired) electrons. The molecule has 15 heavy (non-hydrogen) atoms. The van der Waals surface area contributed by atoms with Crippen LogP contribution in [0.15, 0.2) is 0 Å². The monoisotopic (exact) mass is 210 g/mol. The Bertz CT molecular complexity index is 217. The first-order valence-corrected chi connectivity index (χ1v) is 6.46. The highest BCUT2D eigenvalue weighted by Crippen LogP contribution is 2.40. The summed E-state index contributed by atoms with van der Waals surface area (Å²) in [5, 5.41) is 7.30. The molecule has 1 saturated heterocycles. The lowest BCUT2D eigenvalue weighted by molar-refractivity contribution is 0.0906. The van der Waals surface area contributed by atoms with Gasteiger partial charge in [-0.1, -0.05) is 20.8 Å². The van der Waals surface area contributed by atoms with Crippen molar-refractivity contribution in [3.05, 3.63) is 0 Å². The topological polar surface area (TPSA) is 24.1 Å². The van der Waals surface area contributed by atoms with Crippen LogP contribution in [0.5, 0.6) is 0 Å². The number of hydrogen-bond donors (Lipinski definition) is 2. The van der Waals surface area contributed by atoms with Crippen molar-refractivity contribution in [3.8, 4) is 0 Å². The van der Waals surface area contributed by atoms with Gasteiger partial charge in [-0.3, -0.25) is 0 Å². The molecule has 1 saturated carbocycles. The SMILES string of the molecule is CC1(CNC2CCC2(C)C)CCCNC1. The largest absolute Gasteiger partial charge is 0.316 e. The fourth-order valence-electron chi connectivity index (χ4n) is 2.88. The molecule has 1 aliphatic heterocycles. The van der Waals surface area contributed by atoms with E-state index in [9.17, 15) is 0 Å². The normalized spacial score (nSPS) is 39.8. The highest BCUT2D eigenvalue weighted by atomic mass is 15.0. The van der Waals surface area contributed by atoms with Gasteiger partial charge in [0.25, 0.3) is 0 Å². The van der Waals surface area contributed by atoms with Gasteiger partial charge in [0.05, 0.1) is 0 Å². The summed E-state index contributed by atoms with van der Waals surface area (Å²) in [6.07, 6.45) is 5.47. The van der Waals surface area contributed by atoms with E-state index >= 15 is 0 Å². The summed E-state index contributed by atoms with van der Waals surface area (Å²) in [6, 6.07) is 0.760. The maximum Gasteiger partial charge on any atom is 0.0119 e. The second-order valence-corrected chi connectivity index (χ2v) is 6.55. The summed E-state index contributed by atoms with van der Waals surface area (Å²) in [5.41, 5.74) is 1.03. The Labute approximate surface area is 94.2 Å². The van der Waals surface area contributed by atoms with Crippen LogP contribution in [0.25, 0.3) is 0 Å². The lowest BCUT2D eigenvalue weighted by atomic mass is 9.67. The number of rotatable bonds is 3. The molecule has 2 N–H and O–H groups in total. The molecule has 2 unspecified atom stereocenters. The molecule has 0 bridgehead atoms. The van der Waals surface area contributed by atoms with E-state index in [4.69, 9.17) is 0 Å². The molecule has 0 aromatic heterocycles. The molecule has 2 nitrogen and oxygen atoms in total. The van der Waals surface area contributed by atoms with Gasteiger partial charge in [0, 0.05) is 19.1 Å². The fraction of sp³-hybridized carbons (Fsp3) is 1.00. The summed E-state index contributed by atoms with van der Waals surface area (Å²) >= 11 is 0. The lowest BCUT2D eigenvalue weighted by Crippen LogP contribution is -2.54. The second-order valence-electron chi connectivity index (χ2n) is 6.55. The van der Waals surface area contributed by atoms with E-state index < -0.39 is 0 Å². The average Bonchev–Trinajstić information content (AvgIpc) is 2.17. The molecule has 2 atom stereocenters. The van der Waals surface area contributed by atoms with Crippen molar-refractivity contribution >= 4 is 0 Å². The van der Waals surface area contributed by atoms with Crippen molar-refractivity contribution < 1.29 is 0 Å². The molecule has 88 valence electrons. The Kier molecular flexibility index (Phi) is 3.09. The van der Waals surface area contributed by atoms with E-state index in [1.165, 1.54) is 45.3 Å². The van der Waals surface area contributed by atoms with Crippen LogP contribution < -0.4 is 10.6 Å². The predicted octanol–water partition coefficient (Wildman–Crippen LogP) is 2.15. The number of hydrogen-bond acceptors (Lipinski definition) is 2. The van der Waals surface area contributed by atoms with Crippen LogP contribution in [0.3, 0.4) is 0 Å². The minimum atomic E-state index is 0.490. The molecule has 2 aliphatic rings. The third kappa shape index (κ3) is 2.54. The highest BCUT2D eigenvalue weighted by Gasteiger charge is 2.39. The minimum Gasteiger partial charge on any atom is -0.316 e. The molecular weight excluding hydrogens is 184 g/mol. The van der Waals surface area contributed by atoms with E-state index in [2.05, 4.69) is 31.4 Å². The van der Waals surface area contributed by atoms with Crippen molar-refractivity contribution in [3.63, 3.8) is 0 Å². The van der Waals surface area contributed by atoms with Crippen molar-refractivity contribution in [2.24, 2.45) is 10.8 Å². The van der Waals surface area contributed by atoms with Gasteiger partial charge < -0.3 is 10.6 Å². The van der Waals surface area contributed by atoms with E-state index in [1.54, 1.807) is 0 Å². The van der Waals surface area contributed by atoms with Crippen LogP contribution >= 0.6 is 0 Å². The van der Waals surface area contributed by atoms with Gasteiger partial charge >= 0.3 is 0 Å². The van der Waals surface area contributed by atoms with E-state index in [0.717, 1.165) is 6.04 Å². The van der Waals surface area contributed by atoms with Gasteiger partial charge in [-0.15, -0.1) is 0 Å². The molecule has 0 aromatic carbocycles. The van der Waals surface area contributed by atoms with Gasteiger partial charge in [-0.2, -0.15) is 0 Å². The summed E-state index contributed by atoms with van der Waals surface area (Å²) in [5.74, 6) is 0. The smallest absolute Gasteiger partial charge is 0.0119 e. The number of piperidine rings is 1. The van der Waals surface area contributed by atoms with Crippen LogP contribution in [-0.4, -0.2) is 25.7 Å². The molecular formula is C13H26N2. The highest BCUT2D eigenvalue weighted by molar-refractivity contribution is 4.96. The van der Waals surface area contributed by atoms with Gasteiger partial charge in [-0.25, -0.2) is 0 Å². The molecule has 0 aromatic rings. The molecule has 1 heterocycles. The Balaban J connectivity index is 1.77. The molecule has 0 amide bonds. The molecule has 1 aliphatic carbocycles.